The van der Waals surface area contributed by atoms with E-state index in [0.717, 1.165) is 19.5 Å². The lowest BCUT2D eigenvalue weighted by Gasteiger charge is -2.39. The molecule has 0 aromatic rings. The minimum Gasteiger partial charge on any atom is -0.458 e. The highest BCUT2D eigenvalue weighted by molar-refractivity contribution is 5.71. The van der Waals surface area contributed by atoms with Crippen LogP contribution in [0, 0.1) is 16.7 Å². The summed E-state index contributed by atoms with van der Waals surface area (Å²) in [5.74, 6) is 0.685. The van der Waals surface area contributed by atoms with Crippen LogP contribution in [0.4, 0.5) is 0 Å². The predicted octanol–water partition coefficient (Wildman–Crippen LogP) is 2.38. The standard InChI is InChI=1S/C18H35N2O2/c1-17(2)14-8-9-18(17,3)15(12-14)22-16(21)13-20(6,7)11-10-19(4)5/h14-15H,8-13H2,1-7H3/q+1/t14-,15-,18-/m1/s1. The molecule has 0 N–H and O–H groups in total. The third-order valence-electron chi connectivity index (χ3n) is 6.70. The molecule has 3 atom stereocenters. The third kappa shape index (κ3) is 3.18. The van der Waals surface area contributed by atoms with Gasteiger partial charge < -0.3 is 14.1 Å². The summed E-state index contributed by atoms with van der Waals surface area (Å²) in [5, 5.41) is 0. The van der Waals surface area contributed by atoms with Crippen LogP contribution in [0.3, 0.4) is 0 Å². The first-order chi connectivity index (χ1) is 9.98. The van der Waals surface area contributed by atoms with Crippen molar-refractivity contribution in [2.24, 2.45) is 16.7 Å². The van der Waals surface area contributed by atoms with Crippen molar-refractivity contribution in [1.29, 1.82) is 0 Å². The zero-order valence-electron chi connectivity index (χ0n) is 15.6. The highest BCUT2D eigenvalue weighted by Gasteiger charge is 2.62. The number of rotatable bonds is 6. The summed E-state index contributed by atoms with van der Waals surface area (Å²) < 4.78 is 6.65. The van der Waals surface area contributed by atoms with E-state index in [-0.39, 0.29) is 17.5 Å². The Morgan fingerprint density at radius 3 is 2.36 bits per heavy atom. The first kappa shape index (κ1) is 17.7. The Morgan fingerprint density at radius 1 is 1.27 bits per heavy atom. The molecule has 4 nitrogen and oxygen atoms in total. The highest BCUT2D eigenvalue weighted by Crippen LogP contribution is 2.66. The molecule has 128 valence electrons. The number of quaternary nitrogens is 1. The van der Waals surface area contributed by atoms with Gasteiger partial charge in [0.2, 0.25) is 0 Å². The van der Waals surface area contributed by atoms with Gasteiger partial charge in [-0.15, -0.1) is 0 Å². The van der Waals surface area contributed by atoms with Gasteiger partial charge in [-0.05, 0) is 44.7 Å². The molecule has 0 amide bonds. The van der Waals surface area contributed by atoms with Crippen molar-refractivity contribution in [1.82, 2.24) is 4.90 Å². The van der Waals surface area contributed by atoms with Crippen molar-refractivity contribution >= 4 is 5.97 Å². The van der Waals surface area contributed by atoms with Crippen molar-refractivity contribution in [3.05, 3.63) is 0 Å². The largest absolute Gasteiger partial charge is 0.458 e. The van der Waals surface area contributed by atoms with Crippen LogP contribution >= 0.6 is 0 Å². The summed E-state index contributed by atoms with van der Waals surface area (Å²) >= 11 is 0. The van der Waals surface area contributed by atoms with Gasteiger partial charge in [0.1, 0.15) is 6.10 Å². The van der Waals surface area contributed by atoms with E-state index in [2.05, 4.69) is 53.9 Å². The van der Waals surface area contributed by atoms with E-state index in [4.69, 9.17) is 4.74 Å². The van der Waals surface area contributed by atoms with Crippen LogP contribution < -0.4 is 0 Å². The average molecular weight is 311 g/mol. The SMILES string of the molecule is CN(C)CC[N+](C)(C)CC(=O)O[C@@H]1C[C@H]2CC[C@@]1(C)C2(C)C. The van der Waals surface area contributed by atoms with Gasteiger partial charge in [-0.2, -0.15) is 0 Å². The fourth-order valence-electron chi connectivity index (χ4n) is 4.40. The first-order valence-electron chi connectivity index (χ1n) is 8.64. The number of likely N-dealkylation sites (N-methyl/N-ethyl adjacent to an activating group) is 2. The normalized spacial score (nSPS) is 33.5. The molecular weight excluding hydrogens is 276 g/mol. The van der Waals surface area contributed by atoms with E-state index in [9.17, 15) is 4.79 Å². The van der Waals surface area contributed by atoms with Crippen LogP contribution in [0.2, 0.25) is 0 Å². The van der Waals surface area contributed by atoms with E-state index < -0.39 is 0 Å². The molecule has 0 saturated heterocycles. The minimum absolute atomic E-state index is 0.0293. The van der Waals surface area contributed by atoms with Gasteiger partial charge in [-0.3, -0.25) is 0 Å². The molecular formula is C18H35N2O2+. The molecule has 0 heterocycles. The topological polar surface area (TPSA) is 29.5 Å². The molecule has 2 aliphatic carbocycles. The summed E-state index contributed by atoms with van der Waals surface area (Å²) in [4.78, 5) is 14.6. The number of hydrogen-bond donors (Lipinski definition) is 0. The molecule has 2 bridgehead atoms. The fraction of sp³-hybridized carbons (Fsp3) is 0.944. The van der Waals surface area contributed by atoms with Crippen LogP contribution in [0.25, 0.3) is 0 Å². The van der Waals surface area contributed by atoms with Gasteiger partial charge in [0.05, 0.1) is 20.6 Å². The smallest absolute Gasteiger partial charge is 0.362 e. The molecule has 0 unspecified atom stereocenters. The maximum Gasteiger partial charge on any atom is 0.362 e. The van der Waals surface area contributed by atoms with Crippen molar-refractivity contribution in [2.75, 3.05) is 47.8 Å². The maximum atomic E-state index is 12.4. The maximum absolute atomic E-state index is 12.4. The van der Waals surface area contributed by atoms with E-state index in [1.165, 1.54) is 12.8 Å². The summed E-state index contributed by atoms with van der Waals surface area (Å²) in [7, 11) is 8.35. The summed E-state index contributed by atoms with van der Waals surface area (Å²) in [6.45, 7) is 9.44. The molecule has 2 aliphatic rings. The van der Waals surface area contributed by atoms with Crippen LogP contribution in [0.15, 0.2) is 0 Å². The summed E-state index contributed by atoms with van der Waals surface area (Å²) in [5.41, 5.74) is 0.460. The molecule has 4 heteroatoms. The Kier molecular flexibility index (Phi) is 4.67. The van der Waals surface area contributed by atoms with Crippen molar-refractivity contribution < 1.29 is 14.0 Å². The number of ether oxygens (including phenoxy) is 1. The summed E-state index contributed by atoms with van der Waals surface area (Å²) in [6.07, 6.45) is 3.66. The molecule has 0 aromatic carbocycles. The zero-order chi connectivity index (χ0) is 16.8. The number of nitrogens with zero attached hydrogens (tertiary/aromatic N) is 2. The second-order valence-electron chi connectivity index (χ2n) is 9.21. The minimum atomic E-state index is -0.0293. The number of esters is 1. The molecule has 0 spiro atoms. The Bertz CT molecular complexity index is 431. The third-order valence-corrected chi connectivity index (χ3v) is 6.70. The van der Waals surface area contributed by atoms with Crippen molar-refractivity contribution in [3.8, 4) is 0 Å². The Balaban J connectivity index is 1.91. The molecule has 2 fully saturated rings. The van der Waals surface area contributed by atoms with Crippen molar-refractivity contribution in [2.45, 2.75) is 46.1 Å². The molecule has 0 aromatic heterocycles. The Labute approximate surface area is 136 Å². The predicted molar refractivity (Wildman–Crippen MR) is 89.5 cm³/mol. The molecule has 22 heavy (non-hydrogen) atoms. The van der Waals surface area contributed by atoms with Crippen LogP contribution in [-0.2, 0) is 9.53 Å². The van der Waals surface area contributed by atoms with E-state index in [1.807, 2.05) is 0 Å². The second-order valence-corrected chi connectivity index (χ2v) is 9.21. The summed E-state index contributed by atoms with van der Waals surface area (Å²) in [6, 6.07) is 0. The van der Waals surface area contributed by atoms with E-state index in [0.29, 0.717) is 22.4 Å². The molecule has 0 radical (unpaired) electrons. The van der Waals surface area contributed by atoms with E-state index >= 15 is 0 Å². The number of fused-ring (bicyclic) bond motifs is 2. The first-order valence-corrected chi connectivity index (χ1v) is 8.64. The number of hydrogen-bond acceptors (Lipinski definition) is 3. The zero-order valence-corrected chi connectivity index (χ0v) is 15.6. The molecule has 2 rings (SSSR count). The van der Waals surface area contributed by atoms with Gasteiger partial charge in [-0.25, -0.2) is 4.79 Å². The lowest BCUT2D eigenvalue weighted by molar-refractivity contribution is -0.882. The van der Waals surface area contributed by atoms with Gasteiger partial charge in [0, 0.05) is 12.0 Å². The number of carbonyl (C=O) groups is 1. The van der Waals surface area contributed by atoms with Gasteiger partial charge >= 0.3 is 5.97 Å². The quantitative estimate of drug-likeness (QED) is 0.557. The van der Waals surface area contributed by atoms with E-state index in [1.54, 1.807) is 0 Å². The van der Waals surface area contributed by atoms with Gasteiger partial charge in [0.15, 0.2) is 6.54 Å². The number of carbonyl (C=O) groups excluding carboxylic acids is 1. The van der Waals surface area contributed by atoms with Crippen LogP contribution in [0.1, 0.15) is 40.0 Å². The second kappa shape index (κ2) is 5.79. The Hall–Kier alpha value is -0.610. The lowest BCUT2D eigenvalue weighted by Crippen LogP contribution is -2.49. The van der Waals surface area contributed by atoms with Crippen LogP contribution in [-0.4, -0.2) is 69.3 Å². The van der Waals surface area contributed by atoms with Gasteiger partial charge in [-0.1, -0.05) is 20.8 Å². The Morgan fingerprint density at radius 2 is 1.91 bits per heavy atom. The fourth-order valence-corrected chi connectivity index (χ4v) is 4.40. The van der Waals surface area contributed by atoms with Crippen LogP contribution in [0.5, 0.6) is 0 Å². The molecule has 2 saturated carbocycles. The highest BCUT2D eigenvalue weighted by atomic mass is 16.5. The average Bonchev–Trinajstić information content (AvgIpc) is 2.69. The van der Waals surface area contributed by atoms with Gasteiger partial charge in [0.25, 0.3) is 0 Å². The lowest BCUT2D eigenvalue weighted by atomic mass is 9.70. The van der Waals surface area contributed by atoms with Crippen molar-refractivity contribution in [3.63, 3.8) is 0 Å². The monoisotopic (exact) mass is 311 g/mol. The molecule has 0 aliphatic heterocycles.